The van der Waals surface area contributed by atoms with Crippen LogP contribution in [0, 0.1) is 5.82 Å². The Labute approximate surface area is 116 Å². The van der Waals surface area contributed by atoms with E-state index in [9.17, 15) is 4.39 Å². The van der Waals surface area contributed by atoms with Gasteiger partial charge in [-0.2, -0.15) is 0 Å². The van der Waals surface area contributed by atoms with Gasteiger partial charge in [0.2, 0.25) is 0 Å². The van der Waals surface area contributed by atoms with E-state index in [-0.39, 0.29) is 5.82 Å². The Hall–Kier alpha value is -0.870. The summed E-state index contributed by atoms with van der Waals surface area (Å²) in [6.45, 7) is 0.595. The Kier molecular flexibility index (Phi) is 4.18. The van der Waals surface area contributed by atoms with Crippen molar-refractivity contribution >= 4 is 37.5 Å². The first-order chi connectivity index (χ1) is 8.13. The Morgan fingerprint density at radius 3 is 2.29 bits per heavy atom. The van der Waals surface area contributed by atoms with E-state index in [1.54, 1.807) is 0 Å². The summed E-state index contributed by atoms with van der Waals surface area (Å²) in [7, 11) is 0. The second kappa shape index (κ2) is 5.65. The van der Waals surface area contributed by atoms with Crippen molar-refractivity contribution < 1.29 is 4.39 Å². The molecule has 0 unspecified atom stereocenters. The summed E-state index contributed by atoms with van der Waals surface area (Å²) >= 11 is 6.65. The molecule has 0 radical (unpaired) electrons. The molecule has 0 aliphatic carbocycles. The molecule has 0 spiro atoms. The van der Waals surface area contributed by atoms with Crippen LogP contribution in [0.5, 0.6) is 0 Å². The Balaban J connectivity index is 2.04. The summed E-state index contributed by atoms with van der Waals surface area (Å²) in [5.74, 6) is -0.230. The minimum absolute atomic E-state index is 0.230. The summed E-state index contributed by atoms with van der Waals surface area (Å²) in [5, 5.41) is 3.23. The van der Waals surface area contributed by atoms with Gasteiger partial charge in [-0.1, -0.05) is 31.9 Å². The molecule has 0 saturated heterocycles. The smallest absolute Gasteiger partial charge is 0.124 e. The van der Waals surface area contributed by atoms with Crippen LogP contribution in [-0.4, -0.2) is 0 Å². The van der Waals surface area contributed by atoms with E-state index in [4.69, 9.17) is 0 Å². The highest BCUT2D eigenvalue weighted by Gasteiger charge is 1.99. The molecule has 0 fully saturated rings. The fourth-order valence-electron chi connectivity index (χ4n) is 1.48. The second-order valence-electron chi connectivity index (χ2n) is 3.64. The summed E-state index contributed by atoms with van der Waals surface area (Å²) in [6.07, 6.45) is 0. The number of nitrogens with one attached hydrogen (secondary N) is 1. The minimum Gasteiger partial charge on any atom is -0.381 e. The van der Waals surface area contributed by atoms with Gasteiger partial charge in [-0.05, 0) is 48.0 Å². The number of anilines is 1. The van der Waals surface area contributed by atoms with Crippen molar-refractivity contribution in [2.75, 3.05) is 5.32 Å². The zero-order chi connectivity index (χ0) is 12.3. The summed E-state index contributed by atoms with van der Waals surface area (Å²) < 4.78 is 14.9. The zero-order valence-corrected chi connectivity index (χ0v) is 12.1. The quantitative estimate of drug-likeness (QED) is 0.817. The summed E-state index contributed by atoms with van der Waals surface area (Å²) in [5.41, 5.74) is 1.91. The standard InChI is InChI=1S/C13H10Br2FN/c14-10-1-3-13(4-2-10)17-8-9-5-11(15)7-12(16)6-9/h1-7,17H,8H2. The maximum Gasteiger partial charge on any atom is 0.124 e. The van der Waals surface area contributed by atoms with Gasteiger partial charge in [0.25, 0.3) is 0 Å². The molecule has 17 heavy (non-hydrogen) atoms. The van der Waals surface area contributed by atoms with E-state index in [0.717, 1.165) is 20.2 Å². The van der Waals surface area contributed by atoms with Crippen LogP contribution in [-0.2, 0) is 6.54 Å². The third-order valence-corrected chi connectivity index (χ3v) is 3.25. The molecule has 0 heterocycles. The lowest BCUT2D eigenvalue weighted by atomic mass is 10.2. The molecule has 1 nitrogen and oxygen atoms in total. The van der Waals surface area contributed by atoms with Gasteiger partial charge in [0.15, 0.2) is 0 Å². The van der Waals surface area contributed by atoms with Crippen molar-refractivity contribution in [3.63, 3.8) is 0 Å². The van der Waals surface area contributed by atoms with E-state index >= 15 is 0 Å². The third-order valence-electron chi connectivity index (χ3n) is 2.26. The predicted octanol–water partition coefficient (Wildman–Crippen LogP) is 4.96. The maximum atomic E-state index is 13.1. The highest BCUT2D eigenvalue weighted by atomic mass is 79.9. The third kappa shape index (κ3) is 3.82. The second-order valence-corrected chi connectivity index (χ2v) is 5.47. The molecule has 0 saturated carbocycles. The number of halogens is 3. The van der Waals surface area contributed by atoms with E-state index in [1.165, 1.54) is 12.1 Å². The molecule has 0 atom stereocenters. The first-order valence-corrected chi connectivity index (χ1v) is 6.66. The van der Waals surface area contributed by atoms with Gasteiger partial charge in [0.1, 0.15) is 5.82 Å². The molecular weight excluding hydrogens is 349 g/mol. The largest absolute Gasteiger partial charge is 0.381 e. The molecule has 0 amide bonds. The van der Waals surface area contributed by atoms with Crippen molar-refractivity contribution in [3.05, 3.63) is 62.8 Å². The van der Waals surface area contributed by atoms with Crippen LogP contribution in [0.15, 0.2) is 51.4 Å². The van der Waals surface area contributed by atoms with Gasteiger partial charge in [-0.15, -0.1) is 0 Å². The van der Waals surface area contributed by atoms with Crippen LogP contribution < -0.4 is 5.32 Å². The van der Waals surface area contributed by atoms with E-state index < -0.39 is 0 Å². The molecule has 88 valence electrons. The fraction of sp³-hybridized carbons (Fsp3) is 0.0769. The van der Waals surface area contributed by atoms with E-state index in [0.29, 0.717) is 6.54 Å². The molecule has 1 N–H and O–H groups in total. The van der Waals surface area contributed by atoms with Crippen molar-refractivity contribution in [1.82, 2.24) is 0 Å². The van der Waals surface area contributed by atoms with Crippen LogP contribution in [0.4, 0.5) is 10.1 Å². The van der Waals surface area contributed by atoms with Crippen molar-refractivity contribution in [2.45, 2.75) is 6.54 Å². The van der Waals surface area contributed by atoms with Crippen molar-refractivity contribution in [3.8, 4) is 0 Å². The number of rotatable bonds is 3. The van der Waals surface area contributed by atoms with Crippen molar-refractivity contribution in [1.29, 1.82) is 0 Å². The molecular formula is C13H10Br2FN. The average molecular weight is 359 g/mol. The molecule has 0 bridgehead atoms. The highest BCUT2D eigenvalue weighted by molar-refractivity contribution is 9.10. The zero-order valence-electron chi connectivity index (χ0n) is 8.88. The van der Waals surface area contributed by atoms with Gasteiger partial charge in [-0.25, -0.2) is 4.39 Å². The van der Waals surface area contributed by atoms with Gasteiger partial charge in [-0.3, -0.25) is 0 Å². The van der Waals surface area contributed by atoms with Crippen LogP contribution in [0.1, 0.15) is 5.56 Å². The SMILES string of the molecule is Fc1cc(Br)cc(CNc2ccc(Br)cc2)c1. The lowest BCUT2D eigenvalue weighted by Crippen LogP contribution is -1.99. The summed E-state index contributed by atoms with van der Waals surface area (Å²) in [6, 6.07) is 12.7. The van der Waals surface area contributed by atoms with Gasteiger partial charge < -0.3 is 5.32 Å². The number of hydrogen-bond donors (Lipinski definition) is 1. The number of hydrogen-bond acceptors (Lipinski definition) is 1. The maximum absolute atomic E-state index is 13.1. The first-order valence-electron chi connectivity index (χ1n) is 5.08. The lowest BCUT2D eigenvalue weighted by molar-refractivity contribution is 0.625. The van der Waals surface area contributed by atoms with Crippen LogP contribution in [0.25, 0.3) is 0 Å². The van der Waals surface area contributed by atoms with Gasteiger partial charge in [0, 0.05) is 21.2 Å². The number of benzene rings is 2. The molecule has 0 aromatic heterocycles. The van der Waals surface area contributed by atoms with E-state index in [2.05, 4.69) is 37.2 Å². The van der Waals surface area contributed by atoms with E-state index in [1.807, 2.05) is 30.3 Å². The summed E-state index contributed by atoms with van der Waals surface area (Å²) in [4.78, 5) is 0. The minimum atomic E-state index is -0.230. The monoisotopic (exact) mass is 357 g/mol. The Morgan fingerprint density at radius 1 is 0.941 bits per heavy atom. The molecule has 2 aromatic rings. The van der Waals surface area contributed by atoms with Gasteiger partial charge in [0.05, 0.1) is 0 Å². The molecule has 2 aromatic carbocycles. The molecule has 2 rings (SSSR count). The first kappa shape index (κ1) is 12.6. The normalized spacial score (nSPS) is 10.3. The fourth-order valence-corrected chi connectivity index (χ4v) is 2.26. The van der Waals surface area contributed by atoms with Gasteiger partial charge >= 0.3 is 0 Å². The molecule has 4 heteroatoms. The predicted molar refractivity (Wildman–Crippen MR) is 75.6 cm³/mol. The Bertz CT molecular complexity index is 491. The molecule has 0 aliphatic heterocycles. The van der Waals surface area contributed by atoms with Crippen LogP contribution in [0.2, 0.25) is 0 Å². The lowest BCUT2D eigenvalue weighted by Gasteiger charge is -2.07. The molecule has 0 aliphatic rings. The topological polar surface area (TPSA) is 12.0 Å². The van der Waals surface area contributed by atoms with Crippen LogP contribution >= 0.6 is 31.9 Å². The Morgan fingerprint density at radius 2 is 1.65 bits per heavy atom. The highest BCUT2D eigenvalue weighted by Crippen LogP contribution is 2.18. The van der Waals surface area contributed by atoms with Crippen LogP contribution in [0.3, 0.4) is 0 Å². The van der Waals surface area contributed by atoms with Crippen molar-refractivity contribution in [2.24, 2.45) is 0 Å². The average Bonchev–Trinajstić information content (AvgIpc) is 2.27.